The normalized spacial score (nSPS) is 9.50. The van der Waals surface area contributed by atoms with Crippen LogP contribution in [0.3, 0.4) is 0 Å². The van der Waals surface area contributed by atoms with Crippen LogP contribution in [0, 0.1) is 6.92 Å². The van der Waals surface area contributed by atoms with Crippen LogP contribution in [0.4, 0.5) is 0 Å². The van der Waals surface area contributed by atoms with Crippen molar-refractivity contribution < 1.29 is 121 Å². The fraction of sp³-hybridized carbons (Fsp3) is 0.111. The van der Waals surface area contributed by atoms with Gasteiger partial charge in [0, 0.05) is 11.1 Å². The van der Waals surface area contributed by atoms with Crippen molar-refractivity contribution in [1.82, 2.24) is 0 Å². The van der Waals surface area contributed by atoms with Gasteiger partial charge in [0.1, 0.15) is 10.1 Å². The molecular weight excluding hydrogens is 321 g/mol. The second kappa shape index (κ2) is 9.96. The van der Waals surface area contributed by atoms with Gasteiger partial charge in [-0.3, -0.25) is 0 Å². The first-order valence-corrected chi connectivity index (χ1v) is 5.58. The minimum Gasteiger partial charge on any atom is -0.744 e. The van der Waals surface area contributed by atoms with Crippen molar-refractivity contribution in [2.45, 2.75) is 11.8 Å². The number of carbonyl (C=O) groups excluding carboxylic acids is 2. The van der Waals surface area contributed by atoms with Gasteiger partial charge in [-0.25, -0.2) is 8.42 Å². The van der Waals surface area contributed by atoms with Crippen LogP contribution in [0.15, 0.2) is 17.0 Å². The molecule has 0 aliphatic heterocycles. The van der Waals surface area contributed by atoms with E-state index in [0.29, 0.717) is 12.1 Å². The fourth-order valence-corrected chi connectivity index (χ4v) is 1.78. The molecule has 1 rings (SSSR count). The Morgan fingerprint density at radius 2 is 1.25 bits per heavy atom. The Balaban J connectivity index is -0.000000963. The van der Waals surface area contributed by atoms with E-state index in [0.717, 1.165) is 6.92 Å². The first-order valence-electron chi connectivity index (χ1n) is 4.18. The quantitative estimate of drug-likeness (QED) is 0.397. The zero-order chi connectivity index (χ0) is 13.4. The van der Waals surface area contributed by atoms with E-state index in [1.165, 1.54) is 0 Å². The molecule has 20 heavy (non-hydrogen) atoms. The van der Waals surface area contributed by atoms with Gasteiger partial charge < -0.3 is 24.4 Å². The van der Waals surface area contributed by atoms with Crippen LogP contribution in [0.1, 0.15) is 26.3 Å². The van der Waals surface area contributed by atoms with E-state index < -0.39 is 38.1 Å². The van der Waals surface area contributed by atoms with Gasteiger partial charge in [0.2, 0.25) is 0 Å². The van der Waals surface area contributed by atoms with E-state index in [2.05, 4.69) is 0 Å². The predicted octanol–water partition coefficient (Wildman–Crippen LogP) is -11.4. The van der Waals surface area contributed by atoms with Crippen molar-refractivity contribution in [2.75, 3.05) is 0 Å². The number of aromatic carboxylic acids is 2. The largest absolute Gasteiger partial charge is 1.00 e. The number of hydrogen-bond donors (Lipinski definition) is 0. The molecule has 11 heteroatoms. The van der Waals surface area contributed by atoms with Crippen molar-refractivity contribution in [2.24, 2.45) is 0 Å². The van der Waals surface area contributed by atoms with E-state index in [1.807, 2.05) is 0 Å². The summed E-state index contributed by atoms with van der Waals surface area (Å²) >= 11 is 0. The average molecular weight is 326 g/mol. The van der Waals surface area contributed by atoms with Crippen molar-refractivity contribution in [3.05, 3.63) is 28.8 Å². The van der Waals surface area contributed by atoms with Crippen LogP contribution < -0.4 is 98.9 Å². The predicted molar refractivity (Wildman–Crippen MR) is 47.8 cm³/mol. The fourth-order valence-electron chi connectivity index (χ4n) is 1.26. The molecule has 1 aromatic rings. The van der Waals surface area contributed by atoms with Crippen LogP contribution >= 0.6 is 0 Å². The third-order valence-corrected chi connectivity index (χ3v) is 2.92. The van der Waals surface area contributed by atoms with Crippen LogP contribution in [0.25, 0.3) is 0 Å². The van der Waals surface area contributed by atoms with E-state index in [9.17, 15) is 32.8 Å². The summed E-state index contributed by atoms with van der Waals surface area (Å²) in [5.74, 6) is -3.56. The summed E-state index contributed by atoms with van der Waals surface area (Å²) in [6, 6.07) is 1.11. The molecule has 7 nitrogen and oxygen atoms in total. The molecule has 0 amide bonds. The van der Waals surface area contributed by atoms with Crippen LogP contribution in [0.5, 0.6) is 0 Å². The number of rotatable bonds is 3. The molecule has 0 bridgehead atoms. The van der Waals surface area contributed by atoms with Gasteiger partial charge in [0.25, 0.3) is 0 Å². The van der Waals surface area contributed by atoms with Gasteiger partial charge in [-0.15, -0.1) is 0 Å². The molecule has 0 unspecified atom stereocenters. The zero-order valence-corrected chi connectivity index (χ0v) is 18.2. The number of carbonyl (C=O) groups is 2. The summed E-state index contributed by atoms with van der Waals surface area (Å²) in [5, 5.41) is 21.3. The van der Waals surface area contributed by atoms with Crippen LogP contribution in [0.2, 0.25) is 0 Å². The zero-order valence-electron chi connectivity index (χ0n) is 11.4. The number of carboxylic acids is 2. The standard InChI is InChI=1S/C9H8O7S.3Na/c1-4-6(8(10)11)2-5(17(14,15)16)3-7(4)9(12)13;;;/h2-3H,1H3,(H,10,11)(H,12,13)(H,14,15,16);;;/q;3*+1/p-3. The van der Waals surface area contributed by atoms with E-state index >= 15 is 0 Å². The Bertz CT molecular complexity index is 577. The molecule has 0 aromatic heterocycles. The van der Waals surface area contributed by atoms with E-state index in [1.54, 1.807) is 0 Å². The van der Waals surface area contributed by atoms with Crippen molar-refractivity contribution in [1.29, 1.82) is 0 Å². The van der Waals surface area contributed by atoms with Crippen molar-refractivity contribution in [3.8, 4) is 0 Å². The van der Waals surface area contributed by atoms with Gasteiger partial charge >= 0.3 is 88.7 Å². The molecule has 0 atom stereocenters. The summed E-state index contributed by atoms with van der Waals surface area (Å²) < 4.78 is 32.1. The van der Waals surface area contributed by atoms with Crippen molar-refractivity contribution >= 4 is 22.1 Å². The maximum absolute atomic E-state index is 10.7. The van der Waals surface area contributed by atoms with Gasteiger partial charge in [0.05, 0.1) is 16.8 Å². The molecule has 0 aliphatic carbocycles. The Morgan fingerprint density at radius 3 is 1.45 bits per heavy atom. The summed E-state index contributed by atoms with van der Waals surface area (Å²) in [6.45, 7) is 1.14. The Kier molecular flexibility index (Phi) is 12.9. The number of hydrogen-bond acceptors (Lipinski definition) is 7. The summed E-state index contributed by atoms with van der Waals surface area (Å²) in [6.07, 6.45) is 0. The molecule has 0 spiro atoms. The number of benzene rings is 1. The van der Waals surface area contributed by atoms with Gasteiger partial charge in [-0.1, -0.05) is 0 Å². The molecular formula is C9H5Na3O7S. The summed E-state index contributed by atoms with van der Waals surface area (Å²) in [7, 11) is -4.96. The third-order valence-electron chi connectivity index (χ3n) is 2.11. The molecule has 1 aromatic carbocycles. The SMILES string of the molecule is Cc1c(C(=O)[O-])cc(S(=O)(=O)[O-])cc1C(=O)[O-].[Na+].[Na+].[Na+]. The maximum Gasteiger partial charge on any atom is 1.00 e. The molecule has 0 saturated heterocycles. The molecule has 0 N–H and O–H groups in total. The van der Waals surface area contributed by atoms with Crippen LogP contribution in [-0.4, -0.2) is 24.9 Å². The van der Waals surface area contributed by atoms with Gasteiger partial charge in [0.15, 0.2) is 0 Å². The minimum absolute atomic E-state index is 0. The molecule has 0 aliphatic rings. The summed E-state index contributed by atoms with van der Waals surface area (Å²) in [4.78, 5) is 20.4. The first-order chi connectivity index (χ1) is 7.64. The molecule has 0 radical (unpaired) electrons. The second-order valence-corrected chi connectivity index (χ2v) is 4.55. The second-order valence-electron chi connectivity index (χ2n) is 3.17. The Morgan fingerprint density at radius 1 is 0.950 bits per heavy atom. The third kappa shape index (κ3) is 6.45. The monoisotopic (exact) mass is 326 g/mol. The van der Waals surface area contributed by atoms with Gasteiger partial charge in [-0.2, -0.15) is 0 Å². The maximum atomic E-state index is 10.7. The van der Waals surface area contributed by atoms with Crippen molar-refractivity contribution in [3.63, 3.8) is 0 Å². The average Bonchev–Trinajstić information content (AvgIpc) is 2.14. The molecule has 0 heterocycles. The Hall–Kier alpha value is 1.07. The van der Waals surface area contributed by atoms with Crippen LogP contribution in [-0.2, 0) is 10.1 Å². The first kappa shape index (κ1) is 26.0. The molecule has 0 saturated carbocycles. The summed E-state index contributed by atoms with van der Waals surface area (Å²) in [5.41, 5.74) is -1.60. The topological polar surface area (TPSA) is 137 Å². The number of carboxylic acid groups (broad SMARTS) is 2. The minimum atomic E-state index is -4.96. The molecule has 0 fully saturated rings. The Labute approximate surface area is 181 Å². The molecule has 92 valence electrons. The van der Waals surface area contributed by atoms with E-state index in [4.69, 9.17) is 0 Å². The van der Waals surface area contributed by atoms with Gasteiger partial charge in [-0.05, 0) is 24.6 Å². The smallest absolute Gasteiger partial charge is 0.744 e. The van der Waals surface area contributed by atoms with E-state index in [-0.39, 0.29) is 94.2 Å².